The zero-order valence-corrected chi connectivity index (χ0v) is 17.7. The quantitative estimate of drug-likeness (QED) is 0.501. The molecule has 1 aliphatic carbocycles. The topological polar surface area (TPSA) is 72.5 Å². The van der Waals surface area contributed by atoms with Crippen molar-refractivity contribution in [3.8, 4) is 0 Å². The minimum atomic E-state index is -0.594. The van der Waals surface area contributed by atoms with Crippen molar-refractivity contribution in [3.05, 3.63) is 71.8 Å². The van der Waals surface area contributed by atoms with Gasteiger partial charge in [-0.05, 0) is 37.2 Å². The highest BCUT2D eigenvalue weighted by Gasteiger charge is 2.23. The molecule has 5 nitrogen and oxygen atoms in total. The predicted octanol–water partition coefficient (Wildman–Crippen LogP) is 4.34. The third-order valence-corrected chi connectivity index (χ3v) is 6.22. The average Bonchev–Trinajstić information content (AvgIpc) is 2.79. The van der Waals surface area contributed by atoms with Crippen molar-refractivity contribution in [2.75, 3.05) is 12.3 Å². The van der Waals surface area contributed by atoms with E-state index in [1.807, 2.05) is 12.1 Å². The van der Waals surface area contributed by atoms with Gasteiger partial charge in [-0.1, -0.05) is 72.4 Å². The fourth-order valence-corrected chi connectivity index (χ4v) is 4.44. The summed E-state index contributed by atoms with van der Waals surface area (Å²) < 4.78 is 4.85. The van der Waals surface area contributed by atoms with Crippen LogP contribution in [-0.4, -0.2) is 35.4 Å². The molecule has 0 spiro atoms. The predicted molar refractivity (Wildman–Crippen MR) is 118 cm³/mol. The van der Waals surface area contributed by atoms with Crippen LogP contribution in [0.3, 0.4) is 0 Å². The number of hydrogen-bond donors (Lipinski definition) is 1. The summed E-state index contributed by atoms with van der Waals surface area (Å²) in [5.74, 6) is -0.294. The molecule has 2 aromatic rings. The van der Waals surface area contributed by atoms with Gasteiger partial charge in [0, 0.05) is 17.4 Å². The highest BCUT2D eigenvalue weighted by atomic mass is 32.2. The second kappa shape index (κ2) is 11.7. The van der Waals surface area contributed by atoms with Gasteiger partial charge >= 0.3 is 11.9 Å². The van der Waals surface area contributed by atoms with Gasteiger partial charge in [0.1, 0.15) is 0 Å². The lowest BCUT2D eigenvalue weighted by molar-refractivity contribution is -0.158. The van der Waals surface area contributed by atoms with Crippen LogP contribution in [-0.2, 0) is 14.3 Å². The zero-order chi connectivity index (χ0) is 21.2. The molecule has 0 atom stereocenters. The van der Waals surface area contributed by atoms with E-state index in [1.165, 1.54) is 5.56 Å². The minimum absolute atomic E-state index is 0.0250. The number of ether oxygens (including phenoxy) is 1. The van der Waals surface area contributed by atoms with Gasteiger partial charge in [0.25, 0.3) is 0 Å². The molecule has 3 rings (SSSR count). The maximum atomic E-state index is 12.0. The van der Waals surface area contributed by atoms with Gasteiger partial charge in [0.2, 0.25) is 5.12 Å². The maximum absolute atomic E-state index is 12.0. The van der Waals surface area contributed by atoms with Crippen LogP contribution in [0.25, 0.3) is 0 Å². The van der Waals surface area contributed by atoms with Crippen molar-refractivity contribution < 1.29 is 19.1 Å². The molecule has 0 unspecified atom stereocenters. The molecule has 0 radical (unpaired) electrons. The van der Waals surface area contributed by atoms with Crippen LogP contribution in [0.15, 0.2) is 60.7 Å². The summed E-state index contributed by atoms with van der Waals surface area (Å²) in [6, 6.07) is 19.7. The van der Waals surface area contributed by atoms with Crippen LogP contribution in [0.1, 0.15) is 53.9 Å². The molecule has 0 aliphatic heterocycles. The van der Waals surface area contributed by atoms with Gasteiger partial charge in [-0.25, -0.2) is 0 Å². The highest BCUT2D eigenvalue weighted by Crippen LogP contribution is 2.32. The van der Waals surface area contributed by atoms with E-state index < -0.39 is 11.9 Å². The van der Waals surface area contributed by atoms with Crippen LogP contribution in [0.2, 0.25) is 0 Å². The Balaban J connectivity index is 1.28. The van der Waals surface area contributed by atoms with Crippen molar-refractivity contribution >= 4 is 28.8 Å². The molecular formula is C24H27NO4S. The van der Waals surface area contributed by atoms with E-state index in [0.29, 0.717) is 11.5 Å². The van der Waals surface area contributed by atoms with Gasteiger partial charge in [-0.3, -0.25) is 14.4 Å². The van der Waals surface area contributed by atoms with Crippen LogP contribution in [0.4, 0.5) is 0 Å². The van der Waals surface area contributed by atoms with Crippen molar-refractivity contribution in [1.29, 1.82) is 0 Å². The Labute approximate surface area is 181 Å². The Morgan fingerprint density at radius 1 is 0.867 bits per heavy atom. The first kappa shape index (κ1) is 22.2. The number of benzene rings is 2. The molecule has 2 aromatic carbocycles. The van der Waals surface area contributed by atoms with E-state index in [9.17, 15) is 14.4 Å². The SMILES string of the molecule is O=C(CCSC(=O)c1ccccc1)OC(=O)CN[C@H]1CC[C@H](c2ccccc2)CC1. The molecule has 0 heterocycles. The lowest BCUT2D eigenvalue weighted by atomic mass is 9.82. The summed E-state index contributed by atoms with van der Waals surface area (Å²) in [6.45, 7) is 0.0303. The second-order valence-corrected chi connectivity index (χ2v) is 8.51. The van der Waals surface area contributed by atoms with Crippen LogP contribution < -0.4 is 5.32 Å². The number of esters is 2. The van der Waals surface area contributed by atoms with Crippen LogP contribution in [0.5, 0.6) is 0 Å². The van der Waals surface area contributed by atoms with Crippen molar-refractivity contribution in [3.63, 3.8) is 0 Å². The van der Waals surface area contributed by atoms with Crippen molar-refractivity contribution in [2.45, 2.75) is 44.1 Å². The molecule has 1 N–H and O–H groups in total. The monoisotopic (exact) mass is 425 g/mol. The number of rotatable bonds is 8. The maximum Gasteiger partial charge on any atom is 0.327 e. The van der Waals surface area contributed by atoms with Gasteiger partial charge in [-0.2, -0.15) is 0 Å². The summed E-state index contributed by atoms with van der Waals surface area (Å²) >= 11 is 1.05. The first-order valence-corrected chi connectivity index (χ1v) is 11.3. The number of thioether (sulfide) groups is 1. The number of hydrogen-bond acceptors (Lipinski definition) is 6. The highest BCUT2D eigenvalue weighted by molar-refractivity contribution is 8.14. The summed E-state index contributed by atoms with van der Waals surface area (Å²) in [7, 11) is 0. The van der Waals surface area contributed by atoms with E-state index >= 15 is 0 Å². The summed E-state index contributed by atoms with van der Waals surface area (Å²) in [4.78, 5) is 35.7. The molecule has 0 saturated heterocycles. The standard InChI is InChI=1S/C24H27NO4S/c26-22(15-16-30-24(28)20-9-5-2-6-10-20)29-23(27)17-25-21-13-11-19(12-14-21)18-7-3-1-4-8-18/h1-10,19,21,25H,11-17H2/t19-,21-. The van der Waals surface area contributed by atoms with Gasteiger partial charge in [0.05, 0.1) is 13.0 Å². The van der Waals surface area contributed by atoms with Crippen molar-refractivity contribution in [2.24, 2.45) is 0 Å². The largest absolute Gasteiger partial charge is 0.392 e. The lowest BCUT2D eigenvalue weighted by Gasteiger charge is -2.29. The molecular weight excluding hydrogens is 398 g/mol. The van der Waals surface area contributed by atoms with E-state index in [0.717, 1.165) is 37.4 Å². The smallest absolute Gasteiger partial charge is 0.327 e. The second-order valence-electron chi connectivity index (χ2n) is 7.44. The minimum Gasteiger partial charge on any atom is -0.392 e. The lowest BCUT2D eigenvalue weighted by Crippen LogP contribution is -2.37. The van der Waals surface area contributed by atoms with Gasteiger partial charge in [-0.15, -0.1) is 0 Å². The first-order chi connectivity index (χ1) is 14.6. The summed E-state index contributed by atoms with van der Waals surface area (Å²) in [5, 5.41) is 3.11. The van der Waals surface area contributed by atoms with Gasteiger partial charge < -0.3 is 10.1 Å². The Kier molecular flexibility index (Phi) is 8.66. The molecule has 0 bridgehead atoms. The van der Waals surface area contributed by atoms with E-state index in [4.69, 9.17) is 4.74 Å². The Morgan fingerprint density at radius 2 is 1.50 bits per heavy atom. The van der Waals surface area contributed by atoms with Crippen molar-refractivity contribution in [1.82, 2.24) is 5.32 Å². The van der Waals surface area contributed by atoms with Crippen LogP contribution in [0, 0.1) is 0 Å². The third-order valence-electron chi connectivity index (χ3n) is 5.31. The number of carbonyl (C=O) groups excluding carboxylic acids is 3. The summed E-state index contributed by atoms with van der Waals surface area (Å²) in [6.07, 6.45) is 4.19. The molecule has 30 heavy (non-hydrogen) atoms. The fraction of sp³-hybridized carbons (Fsp3) is 0.375. The zero-order valence-electron chi connectivity index (χ0n) is 16.9. The average molecular weight is 426 g/mol. The van der Waals surface area contributed by atoms with Crippen LogP contribution >= 0.6 is 11.8 Å². The Morgan fingerprint density at radius 3 is 2.17 bits per heavy atom. The molecule has 0 amide bonds. The first-order valence-electron chi connectivity index (χ1n) is 10.4. The molecule has 6 heteroatoms. The Bertz CT molecular complexity index is 833. The van der Waals surface area contributed by atoms with E-state index in [2.05, 4.69) is 29.6 Å². The number of carbonyl (C=O) groups is 3. The van der Waals surface area contributed by atoms with E-state index in [-0.39, 0.29) is 29.9 Å². The third kappa shape index (κ3) is 7.11. The van der Waals surface area contributed by atoms with Gasteiger partial charge in [0.15, 0.2) is 0 Å². The molecule has 1 aliphatic rings. The summed E-state index contributed by atoms with van der Waals surface area (Å²) in [5.41, 5.74) is 1.97. The molecule has 158 valence electrons. The van der Waals surface area contributed by atoms with E-state index in [1.54, 1.807) is 24.3 Å². The fourth-order valence-electron chi connectivity index (χ4n) is 3.68. The number of nitrogens with one attached hydrogen (secondary N) is 1. The normalized spacial score (nSPS) is 18.5. The molecule has 1 fully saturated rings. The molecule has 0 aromatic heterocycles. The Hall–Kier alpha value is -2.44. The molecule has 1 saturated carbocycles.